The van der Waals surface area contributed by atoms with Crippen LogP contribution in [0.1, 0.15) is 200 Å². The third-order valence-electron chi connectivity index (χ3n) is 7.83. The number of hydrogen-bond acceptors (Lipinski definition) is 3. The maximum atomic E-state index is 12.4. The van der Waals surface area contributed by atoms with Crippen LogP contribution >= 0.6 is 0 Å². The van der Waals surface area contributed by atoms with E-state index in [1.807, 2.05) is 0 Å². The SMILES string of the molecule is CCCCCCCCCCCCCCCCCC(CCCCCCCC(=O)O)OC(=O)CCCCCCC. The van der Waals surface area contributed by atoms with E-state index >= 15 is 0 Å². The molecule has 0 spiro atoms. The molecule has 38 heavy (non-hydrogen) atoms. The number of aliphatic carboxylic acids is 1. The Morgan fingerprint density at radius 1 is 0.474 bits per heavy atom. The minimum atomic E-state index is -0.699. The first-order valence-electron chi connectivity index (χ1n) is 17.0. The lowest BCUT2D eigenvalue weighted by Crippen LogP contribution is -2.18. The molecule has 0 heterocycles. The van der Waals surface area contributed by atoms with Gasteiger partial charge in [-0.3, -0.25) is 9.59 Å². The molecule has 4 heteroatoms. The van der Waals surface area contributed by atoms with Gasteiger partial charge >= 0.3 is 11.9 Å². The second-order valence-electron chi connectivity index (χ2n) is 11.7. The van der Waals surface area contributed by atoms with E-state index in [9.17, 15) is 9.59 Å². The van der Waals surface area contributed by atoms with Crippen LogP contribution in [0.5, 0.6) is 0 Å². The van der Waals surface area contributed by atoms with Crippen molar-refractivity contribution in [3.05, 3.63) is 0 Å². The van der Waals surface area contributed by atoms with Crippen LogP contribution in [-0.2, 0) is 14.3 Å². The summed E-state index contributed by atoms with van der Waals surface area (Å²) in [4.78, 5) is 23.0. The van der Waals surface area contributed by atoms with E-state index in [0.29, 0.717) is 6.42 Å². The highest BCUT2D eigenvalue weighted by atomic mass is 16.5. The molecule has 0 aliphatic carbocycles. The molecule has 1 N–H and O–H groups in total. The molecule has 0 bridgehead atoms. The topological polar surface area (TPSA) is 63.6 Å². The highest BCUT2D eigenvalue weighted by Gasteiger charge is 2.14. The lowest BCUT2D eigenvalue weighted by atomic mass is 10.0. The summed E-state index contributed by atoms with van der Waals surface area (Å²) in [5.41, 5.74) is 0. The van der Waals surface area contributed by atoms with Crippen molar-refractivity contribution in [2.24, 2.45) is 0 Å². The molecule has 0 aromatic heterocycles. The number of carboxylic acid groups (broad SMARTS) is 1. The van der Waals surface area contributed by atoms with Gasteiger partial charge in [0.1, 0.15) is 6.10 Å². The molecular weight excluding hydrogens is 472 g/mol. The number of hydrogen-bond donors (Lipinski definition) is 1. The number of esters is 1. The molecule has 0 amide bonds. The van der Waals surface area contributed by atoms with Crippen LogP contribution in [0.4, 0.5) is 0 Å². The number of carbonyl (C=O) groups is 2. The fourth-order valence-electron chi connectivity index (χ4n) is 5.30. The van der Waals surface area contributed by atoms with Crippen LogP contribution in [0.25, 0.3) is 0 Å². The second kappa shape index (κ2) is 30.5. The van der Waals surface area contributed by atoms with Crippen molar-refractivity contribution in [2.75, 3.05) is 0 Å². The fourth-order valence-corrected chi connectivity index (χ4v) is 5.30. The molecule has 0 rings (SSSR count). The van der Waals surface area contributed by atoms with E-state index in [0.717, 1.165) is 64.2 Å². The minimum absolute atomic E-state index is 0.00563. The van der Waals surface area contributed by atoms with Gasteiger partial charge in [0.2, 0.25) is 0 Å². The van der Waals surface area contributed by atoms with Gasteiger partial charge in [-0.25, -0.2) is 0 Å². The maximum absolute atomic E-state index is 12.4. The van der Waals surface area contributed by atoms with Crippen molar-refractivity contribution in [3.63, 3.8) is 0 Å². The molecular formula is C34H66O4. The summed E-state index contributed by atoms with van der Waals surface area (Å²) in [6.07, 6.45) is 34.2. The standard InChI is InChI=1S/C34H66O4/c1-3-5-7-9-10-11-12-13-14-15-16-17-18-21-24-28-32(29-25-22-19-23-26-30-33(35)36)38-34(37)31-27-20-8-6-4-2/h32H,3-31H2,1-2H3,(H,35,36). The second-order valence-corrected chi connectivity index (χ2v) is 11.7. The van der Waals surface area contributed by atoms with Gasteiger partial charge in [-0.05, 0) is 38.5 Å². The van der Waals surface area contributed by atoms with Gasteiger partial charge < -0.3 is 9.84 Å². The van der Waals surface area contributed by atoms with E-state index < -0.39 is 5.97 Å². The molecule has 0 aromatic carbocycles. The Bertz CT molecular complexity index is 505. The summed E-state index contributed by atoms with van der Waals surface area (Å²) in [6.45, 7) is 4.49. The minimum Gasteiger partial charge on any atom is -0.481 e. The summed E-state index contributed by atoms with van der Waals surface area (Å²) in [7, 11) is 0. The van der Waals surface area contributed by atoms with Crippen molar-refractivity contribution >= 4 is 11.9 Å². The zero-order valence-corrected chi connectivity index (χ0v) is 25.8. The number of ether oxygens (including phenoxy) is 1. The van der Waals surface area contributed by atoms with Crippen LogP contribution < -0.4 is 0 Å². The van der Waals surface area contributed by atoms with Gasteiger partial charge in [-0.15, -0.1) is 0 Å². The number of carboxylic acids is 1. The summed E-state index contributed by atoms with van der Waals surface area (Å²) < 4.78 is 5.92. The highest BCUT2D eigenvalue weighted by molar-refractivity contribution is 5.69. The van der Waals surface area contributed by atoms with Gasteiger partial charge in [0, 0.05) is 12.8 Å². The molecule has 0 aromatic rings. The van der Waals surface area contributed by atoms with Crippen molar-refractivity contribution in [2.45, 2.75) is 206 Å². The van der Waals surface area contributed by atoms with E-state index in [1.165, 1.54) is 109 Å². The van der Waals surface area contributed by atoms with Gasteiger partial charge in [0.15, 0.2) is 0 Å². The Hall–Kier alpha value is -1.06. The lowest BCUT2D eigenvalue weighted by molar-refractivity contribution is -0.150. The fraction of sp³-hybridized carbons (Fsp3) is 0.941. The van der Waals surface area contributed by atoms with E-state index in [-0.39, 0.29) is 18.5 Å². The summed E-state index contributed by atoms with van der Waals surface area (Å²) in [5, 5.41) is 8.76. The molecule has 1 unspecified atom stereocenters. The monoisotopic (exact) mass is 538 g/mol. The summed E-state index contributed by atoms with van der Waals surface area (Å²) in [5.74, 6) is -0.705. The van der Waals surface area contributed by atoms with Crippen molar-refractivity contribution in [1.29, 1.82) is 0 Å². The molecule has 4 nitrogen and oxygen atoms in total. The molecule has 0 saturated carbocycles. The molecule has 0 aliphatic rings. The highest BCUT2D eigenvalue weighted by Crippen LogP contribution is 2.19. The average molecular weight is 539 g/mol. The molecule has 0 saturated heterocycles. The third kappa shape index (κ3) is 29.5. The Kier molecular flexibility index (Phi) is 29.6. The van der Waals surface area contributed by atoms with Gasteiger partial charge in [-0.2, -0.15) is 0 Å². The lowest BCUT2D eigenvalue weighted by Gasteiger charge is -2.18. The van der Waals surface area contributed by atoms with E-state index in [4.69, 9.17) is 9.84 Å². The third-order valence-corrected chi connectivity index (χ3v) is 7.83. The predicted molar refractivity (Wildman–Crippen MR) is 163 cm³/mol. The first-order chi connectivity index (χ1) is 18.6. The van der Waals surface area contributed by atoms with Crippen LogP contribution in [-0.4, -0.2) is 23.1 Å². The van der Waals surface area contributed by atoms with Gasteiger partial charge in [-0.1, -0.05) is 149 Å². The quantitative estimate of drug-likeness (QED) is 0.0704. The van der Waals surface area contributed by atoms with E-state index in [1.54, 1.807) is 0 Å². The van der Waals surface area contributed by atoms with Gasteiger partial charge in [0.25, 0.3) is 0 Å². The Labute approximate surface area is 237 Å². The maximum Gasteiger partial charge on any atom is 0.306 e. The first kappa shape index (κ1) is 36.9. The zero-order chi connectivity index (χ0) is 27.9. The summed E-state index contributed by atoms with van der Waals surface area (Å²) >= 11 is 0. The van der Waals surface area contributed by atoms with Crippen LogP contribution in [0, 0.1) is 0 Å². The smallest absolute Gasteiger partial charge is 0.306 e. The average Bonchev–Trinajstić information content (AvgIpc) is 2.89. The van der Waals surface area contributed by atoms with Crippen LogP contribution in [0.15, 0.2) is 0 Å². The molecule has 0 radical (unpaired) electrons. The molecule has 0 aliphatic heterocycles. The van der Waals surface area contributed by atoms with Crippen molar-refractivity contribution in [3.8, 4) is 0 Å². The zero-order valence-electron chi connectivity index (χ0n) is 25.8. The number of rotatable bonds is 31. The Morgan fingerprint density at radius 2 is 0.789 bits per heavy atom. The number of carbonyl (C=O) groups excluding carboxylic acids is 1. The van der Waals surface area contributed by atoms with Crippen LogP contribution in [0.3, 0.4) is 0 Å². The van der Waals surface area contributed by atoms with Crippen molar-refractivity contribution < 1.29 is 19.4 Å². The number of unbranched alkanes of at least 4 members (excludes halogenated alkanes) is 22. The molecule has 226 valence electrons. The normalized spacial score (nSPS) is 12.1. The summed E-state index contributed by atoms with van der Waals surface area (Å²) in [6, 6.07) is 0. The van der Waals surface area contributed by atoms with Crippen LogP contribution in [0.2, 0.25) is 0 Å². The molecule has 1 atom stereocenters. The first-order valence-corrected chi connectivity index (χ1v) is 17.0. The Morgan fingerprint density at radius 3 is 1.16 bits per heavy atom. The predicted octanol–water partition coefficient (Wildman–Crippen LogP) is 11.3. The Balaban J connectivity index is 3.91. The van der Waals surface area contributed by atoms with Gasteiger partial charge in [0.05, 0.1) is 0 Å². The largest absolute Gasteiger partial charge is 0.481 e. The van der Waals surface area contributed by atoms with E-state index in [2.05, 4.69) is 13.8 Å². The van der Waals surface area contributed by atoms with Crippen molar-refractivity contribution in [1.82, 2.24) is 0 Å². The molecule has 0 fully saturated rings.